The lowest BCUT2D eigenvalue weighted by molar-refractivity contribution is 0.660. The van der Waals surface area contributed by atoms with E-state index >= 15 is 0 Å². The first-order valence-corrected chi connectivity index (χ1v) is 21.4. The lowest BCUT2D eigenvalue weighted by Gasteiger charge is -2.26. The molecule has 0 unspecified atom stereocenters. The highest BCUT2D eigenvalue weighted by atomic mass is 14.4. The Bertz CT molecular complexity index is 3310. The summed E-state index contributed by atoms with van der Waals surface area (Å²) in [5.41, 5.74) is 20.8. The minimum absolute atomic E-state index is 0.183. The lowest BCUT2D eigenvalue weighted by atomic mass is 9.77. The molecule has 0 aromatic heterocycles. The summed E-state index contributed by atoms with van der Waals surface area (Å²) < 4.78 is 0. The topological polar surface area (TPSA) is 0 Å². The third kappa shape index (κ3) is 4.85. The van der Waals surface area contributed by atoms with Crippen molar-refractivity contribution in [2.45, 2.75) is 38.5 Å². The van der Waals surface area contributed by atoms with Gasteiger partial charge in [0.1, 0.15) is 0 Å². The smallest absolute Gasteiger partial charge is 0.0159 e. The van der Waals surface area contributed by atoms with E-state index in [2.05, 4.69) is 222 Å². The summed E-state index contributed by atoms with van der Waals surface area (Å²) in [6, 6.07) is 72.8. The highest BCUT2D eigenvalue weighted by Gasteiger charge is 2.42. The van der Waals surface area contributed by atoms with E-state index in [9.17, 15) is 0 Å². The summed E-state index contributed by atoms with van der Waals surface area (Å²) in [4.78, 5) is 0. The van der Waals surface area contributed by atoms with Crippen molar-refractivity contribution in [1.29, 1.82) is 0 Å². The zero-order chi connectivity index (χ0) is 40.3. The molecular weight excluding hydrogens is 721 g/mol. The van der Waals surface area contributed by atoms with Crippen molar-refractivity contribution in [1.82, 2.24) is 0 Å². The number of benzene rings is 10. The fraction of sp³-hybridized carbons (Fsp3) is 0.100. The predicted octanol–water partition coefficient (Wildman–Crippen LogP) is 16.4. The first-order chi connectivity index (χ1) is 29.3. The van der Waals surface area contributed by atoms with Crippen molar-refractivity contribution >= 4 is 32.3 Å². The average molecular weight is 765 g/mol. The molecule has 0 heterocycles. The van der Waals surface area contributed by atoms with E-state index < -0.39 is 0 Å². The average Bonchev–Trinajstić information content (AvgIpc) is 3.67. The van der Waals surface area contributed by atoms with Crippen LogP contribution in [0.25, 0.3) is 99.1 Å². The highest BCUT2D eigenvalue weighted by Crippen LogP contribution is 2.60. The molecule has 12 rings (SSSR count). The van der Waals surface area contributed by atoms with Gasteiger partial charge in [0.15, 0.2) is 0 Å². The van der Waals surface area contributed by atoms with E-state index in [1.807, 2.05) is 0 Å². The molecule has 0 atom stereocenters. The second-order valence-corrected chi connectivity index (χ2v) is 18.0. The van der Waals surface area contributed by atoms with E-state index in [0.29, 0.717) is 0 Å². The molecule has 0 radical (unpaired) electrons. The molecule has 0 saturated carbocycles. The Labute approximate surface area is 352 Å². The molecule has 0 spiro atoms. The molecule has 2 aliphatic carbocycles. The van der Waals surface area contributed by atoms with Crippen molar-refractivity contribution in [3.8, 4) is 66.8 Å². The Morgan fingerprint density at radius 1 is 0.250 bits per heavy atom. The van der Waals surface area contributed by atoms with Crippen molar-refractivity contribution in [3.63, 3.8) is 0 Å². The van der Waals surface area contributed by atoms with Crippen LogP contribution in [-0.2, 0) is 10.8 Å². The van der Waals surface area contributed by atoms with E-state index in [0.717, 1.165) is 0 Å². The second-order valence-electron chi connectivity index (χ2n) is 18.0. The van der Waals surface area contributed by atoms with E-state index in [1.165, 1.54) is 121 Å². The first kappa shape index (κ1) is 35.0. The summed E-state index contributed by atoms with van der Waals surface area (Å²) in [7, 11) is 0. The Kier molecular flexibility index (Phi) is 7.42. The van der Waals surface area contributed by atoms with Gasteiger partial charge in [-0.15, -0.1) is 0 Å². The largest absolute Gasteiger partial charge is 0.0622 e. The van der Waals surface area contributed by atoms with Crippen molar-refractivity contribution in [2.24, 2.45) is 0 Å². The van der Waals surface area contributed by atoms with Gasteiger partial charge in [-0.3, -0.25) is 0 Å². The van der Waals surface area contributed by atoms with Crippen molar-refractivity contribution in [3.05, 3.63) is 216 Å². The molecule has 0 fully saturated rings. The van der Waals surface area contributed by atoms with Crippen LogP contribution in [0.2, 0.25) is 0 Å². The summed E-state index contributed by atoms with van der Waals surface area (Å²) in [6.07, 6.45) is 0. The normalized spacial score (nSPS) is 14.3. The predicted molar refractivity (Wildman–Crippen MR) is 256 cm³/mol. The summed E-state index contributed by atoms with van der Waals surface area (Å²) in [6.45, 7) is 9.75. The van der Waals surface area contributed by atoms with Gasteiger partial charge in [-0.25, -0.2) is 0 Å². The van der Waals surface area contributed by atoms with Crippen LogP contribution in [0.15, 0.2) is 194 Å². The van der Waals surface area contributed by atoms with E-state index in [1.54, 1.807) is 0 Å². The van der Waals surface area contributed by atoms with E-state index in [-0.39, 0.29) is 10.8 Å². The molecule has 0 bridgehead atoms. The van der Waals surface area contributed by atoms with Crippen LogP contribution in [0.1, 0.15) is 49.9 Å². The monoisotopic (exact) mass is 764 g/mol. The van der Waals surface area contributed by atoms with Gasteiger partial charge in [-0.1, -0.05) is 204 Å². The van der Waals surface area contributed by atoms with Gasteiger partial charge in [-0.2, -0.15) is 0 Å². The quantitative estimate of drug-likeness (QED) is 0.157. The Morgan fingerprint density at radius 3 is 1.17 bits per heavy atom. The molecule has 60 heavy (non-hydrogen) atoms. The summed E-state index contributed by atoms with van der Waals surface area (Å²) >= 11 is 0. The number of fused-ring (bicyclic) bond motifs is 11. The zero-order valence-electron chi connectivity index (χ0n) is 34.5. The first-order valence-electron chi connectivity index (χ1n) is 21.4. The molecule has 0 heteroatoms. The lowest BCUT2D eigenvalue weighted by Crippen LogP contribution is -2.16. The fourth-order valence-corrected chi connectivity index (χ4v) is 11.1. The number of hydrogen-bond donors (Lipinski definition) is 0. The highest BCUT2D eigenvalue weighted by molar-refractivity contribution is 6.26. The second kappa shape index (κ2) is 12.7. The van der Waals surface area contributed by atoms with Gasteiger partial charge in [0.2, 0.25) is 0 Å². The minimum atomic E-state index is -0.245. The SMILES string of the molecule is CC1(C)c2cc(-c3ccccc3)ccc2-c2c1ccc1c(-c3c4ccccc4c(-c4ccccc4)c4ccccc34)cc3c(c21)-c1ccc(-c2ccccc2)cc1C3(C)C. The molecule has 0 N–H and O–H groups in total. The third-order valence-electron chi connectivity index (χ3n) is 14.1. The third-order valence-corrected chi connectivity index (χ3v) is 14.1. The van der Waals surface area contributed by atoms with Crippen LogP contribution in [0.4, 0.5) is 0 Å². The van der Waals surface area contributed by atoms with Gasteiger partial charge in [0.05, 0.1) is 0 Å². The van der Waals surface area contributed by atoms with Gasteiger partial charge in [-0.05, 0) is 140 Å². The maximum absolute atomic E-state index is 2.59. The molecule has 10 aromatic carbocycles. The number of hydrogen-bond acceptors (Lipinski definition) is 0. The Hall–Kier alpha value is -7.02. The van der Waals surface area contributed by atoms with Crippen LogP contribution in [-0.4, -0.2) is 0 Å². The zero-order valence-corrected chi connectivity index (χ0v) is 34.5. The Morgan fingerprint density at radius 2 is 0.667 bits per heavy atom. The van der Waals surface area contributed by atoms with Crippen LogP contribution in [0.3, 0.4) is 0 Å². The fourth-order valence-electron chi connectivity index (χ4n) is 11.1. The summed E-state index contributed by atoms with van der Waals surface area (Å²) in [5, 5.41) is 7.81. The van der Waals surface area contributed by atoms with Gasteiger partial charge in [0, 0.05) is 10.8 Å². The molecule has 284 valence electrons. The molecule has 0 nitrogen and oxygen atoms in total. The van der Waals surface area contributed by atoms with Crippen molar-refractivity contribution in [2.75, 3.05) is 0 Å². The molecule has 2 aliphatic rings. The van der Waals surface area contributed by atoms with Gasteiger partial charge < -0.3 is 0 Å². The van der Waals surface area contributed by atoms with Crippen LogP contribution in [0.5, 0.6) is 0 Å². The molecule has 0 aliphatic heterocycles. The standard InChI is InChI=1S/C60H44/c1-59(2)50-33-32-46-49(55-44-26-16-14-24-42(44)54(39-22-12-7-13-23-39)43-25-15-17-27-45(43)55)36-53-57(48-31-29-41(35-52(48)60(53,3)4)38-20-10-6-11-21-38)58(46)56(50)47-30-28-40(34-51(47)59)37-18-8-5-9-19-37/h5-36H,1-4H3. The van der Waals surface area contributed by atoms with Gasteiger partial charge >= 0.3 is 0 Å². The maximum Gasteiger partial charge on any atom is 0.0159 e. The summed E-state index contributed by atoms with van der Waals surface area (Å²) in [5.74, 6) is 0. The number of rotatable bonds is 4. The van der Waals surface area contributed by atoms with Crippen molar-refractivity contribution < 1.29 is 0 Å². The van der Waals surface area contributed by atoms with E-state index in [4.69, 9.17) is 0 Å². The van der Waals surface area contributed by atoms with Crippen LogP contribution in [0, 0.1) is 0 Å². The molecule has 0 saturated heterocycles. The molecule has 10 aromatic rings. The van der Waals surface area contributed by atoms with Gasteiger partial charge in [0.25, 0.3) is 0 Å². The van der Waals surface area contributed by atoms with Crippen LogP contribution < -0.4 is 0 Å². The Balaban J connectivity index is 1.23. The molecule has 0 amide bonds. The maximum atomic E-state index is 2.59. The minimum Gasteiger partial charge on any atom is -0.0622 e. The van der Waals surface area contributed by atoms with Crippen LogP contribution >= 0.6 is 0 Å². The molecular formula is C60H44.